The third kappa shape index (κ3) is 4.28. The highest BCUT2D eigenvalue weighted by Gasteiger charge is 2.27. The molecule has 130 valence electrons. The molecular formula is C21H23ClN2S. The van der Waals surface area contributed by atoms with Gasteiger partial charge in [-0.25, -0.2) is 0 Å². The summed E-state index contributed by atoms with van der Waals surface area (Å²) in [4.78, 5) is 7.20. The van der Waals surface area contributed by atoms with Crippen molar-refractivity contribution in [2.75, 3.05) is 4.90 Å². The van der Waals surface area contributed by atoms with Crippen molar-refractivity contribution in [2.24, 2.45) is 4.99 Å². The van der Waals surface area contributed by atoms with Crippen molar-refractivity contribution in [3.8, 4) is 0 Å². The van der Waals surface area contributed by atoms with Crippen LogP contribution in [0.5, 0.6) is 0 Å². The van der Waals surface area contributed by atoms with E-state index in [0.717, 1.165) is 27.2 Å². The summed E-state index contributed by atoms with van der Waals surface area (Å²) in [5.41, 5.74) is 4.52. The van der Waals surface area contributed by atoms with Gasteiger partial charge in [-0.3, -0.25) is 9.89 Å². The van der Waals surface area contributed by atoms with E-state index in [1.807, 2.05) is 18.2 Å². The lowest BCUT2D eigenvalue weighted by Gasteiger charge is -2.34. The number of hydrogen-bond donors (Lipinski definition) is 0. The number of amidine groups is 1. The molecule has 0 aliphatic carbocycles. The zero-order valence-corrected chi connectivity index (χ0v) is 16.7. The molecule has 0 amide bonds. The van der Waals surface area contributed by atoms with Crippen molar-refractivity contribution in [1.82, 2.24) is 0 Å². The average molecular weight is 371 g/mol. The number of aryl methyl sites for hydroxylation is 1. The van der Waals surface area contributed by atoms with E-state index in [-0.39, 0.29) is 5.54 Å². The van der Waals surface area contributed by atoms with Gasteiger partial charge >= 0.3 is 0 Å². The van der Waals surface area contributed by atoms with E-state index in [1.165, 1.54) is 11.3 Å². The molecule has 0 fully saturated rings. The molecule has 0 N–H and O–H groups in total. The van der Waals surface area contributed by atoms with Gasteiger partial charge < -0.3 is 0 Å². The summed E-state index contributed by atoms with van der Waals surface area (Å²) in [6.07, 6.45) is 2.21. The molecule has 1 aliphatic heterocycles. The first kappa shape index (κ1) is 18.1. The summed E-state index contributed by atoms with van der Waals surface area (Å²) in [6.45, 7) is 8.53. The second-order valence-corrected chi connectivity index (χ2v) is 8.23. The number of nitrogens with zero attached hydrogens (tertiary/aromatic N) is 2. The van der Waals surface area contributed by atoms with Crippen LogP contribution in [0.4, 0.5) is 5.69 Å². The van der Waals surface area contributed by atoms with Crippen molar-refractivity contribution < 1.29 is 0 Å². The monoisotopic (exact) mass is 370 g/mol. The van der Waals surface area contributed by atoms with Gasteiger partial charge in [-0.05, 0) is 57.5 Å². The fourth-order valence-electron chi connectivity index (χ4n) is 2.92. The second kappa shape index (κ2) is 7.27. The number of hydrogen-bond acceptors (Lipinski definition) is 3. The van der Waals surface area contributed by atoms with Crippen LogP contribution in [0.3, 0.4) is 0 Å². The zero-order valence-electron chi connectivity index (χ0n) is 15.1. The molecule has 0 aromatic heterocycles. The predicted molar refractivity (Wildman–Crippen MR) is 112 cm³/mol. The summed E-state index contributed by atoms with van der Waals surface area (Å²) in [7, 11) is 0. The number of rotatable bonds is 3. The lowest BCUT2D eigenvalue weighted by molar-refractivity contribution is 0.642. The maximum absolute atomic E-state index is 6.32. The maximum atomic E-state index is 6.32. The Labute approximate surface area is 159 Å². The molecule has 0 spiro atoms. The highest BCUT2D eigenvalue weighted by Crippen LogP contribution is 2.33. The molecule has 0 atom stereocenters. The van der Waals surface area contributed by atoms with Crippen LogP contribution in [0.1, 0.15) is 31.9 Å². The van der Waals surface area contributed by atoms with Crippen LogP contribution in [0.15, 0.2) is 65.3 Å². The van der Waals surface area contributed by atoms with E-state index in [1.54, 1.807) is 11.8 Å². The van der Waals surface area contributed by atoms with Crippen LogP contribution in [0.25, 0.3) is 0 Å². The Morgan fingerprint density at radius 3 is 2.40 bits per heavy atom. The van der Waals surface area contributed by atoms with Crippen molar-refractivity contribution in [1.29, 1.82) is 0 Å². The van der Waals surface area contributed by atoms with Gasteiger partial charge in [0.1, 0.15) is 0 Å². The SMILES string of the molecule is CC1=CC(C)(C)N=C(SCc2ccccc2Cl)N1c1ccc(C)cc1. The molecule has 3 rings (SSSR count). The van der Waals surface area contributed by atoms with E-state index in [9.17, 15) is 0 Å². The van der Waals surface area contributed by atoms with E-state index in [2.05, 4.69) is 69.0 Å². The molecule has 0 unspecified atom stereocenters. The number of thioether (sulfide) groups is 1. The number of allylic oxidation sites excluding steroid dienone is 1. The third-order valence-electron chi connectivity index (χ3n) is 4.10. The molecule has 4 heteroatoms. The van der Waals surface area contributed by atoms with Gasteiger partial charge in [0.25, 0.3) is 0 Å². The predicted octanol–water partition coefficient (Wildman–Crippen LogP) is 6.44. The van der Waals surface area contributed by atoms with E-state index < -0.39 is 0 Å². The van der Waals surface area contributed by atoms with E-state index >= 15 is 0 Å². The minimum absolute atomic E-state index is 0.200. The summed E-state index contributed by atoms with van der Waals surface area (Å²) in [6, 6.07) is 16.6. The Bertz CT molecular complexity index is 822. The van der Waals surface area contributed by atoms with Gasteiger partial charge in [-0.2, -0.15) is 0 Å². The first-order valence-corrected chi connectivity index (χ1v) is 9.74. The van der Waals surface area contributed by atoms with Crippen molar-refractivity contribution >= 4 is 34.2 Å². The van der Waals surface area contributed by atoms with Crippen LogP contribution >= 0.6 is 23.4 Å². The standard InChI is InChI=1S/C21H23ClN2S/c1-15-9-11-18(12-10-15)24-16(2)13-21(3,4)23-20(24)25-14-17-7-5-6-8-19(17)22/h5-13H,14H2,1-4H3. The maximum Gasteiger partial charge on any atom is 0.169 e. The van der Waals surface area contributed by atoms with E-state index in [0.29, 0.717) is 0 Å². The van der Waals surface area contributed by atoms with Gasteiger partial charge in [0.05, 0.1) is 5.54 Å². The molecule has 2 aromatic rings. The summed E-state index contributed by atoms with van der Waals surface area (Å²) < 4.78 is 0. The Balaban J connectivity index is 1.90. The Morgan fingerprint density at radius 1 is 1.04 bits per heavy atom. The summed E-state index contributed by atoms with van der Waals surface area (Å²) in [5.74, 6) is 0.796. The van der Waals surface area contributed by atoms with Gasteiger partial charge in [0.2, 0.25) is 0 Å². The van der Waals surface area contributed by atoms with Crippen LogP contribution in [-0.2, 0) is 5.75 Å². The first-order valence-electron chi connectivity index (χ1n) is 8.38. The normalized spacial score (nSPS) is 16.4. The molecule has 0 saturated carbocycles. The molecule has 25 heavy (non-hydrogen) atoms. The number of anilines is 1. The highest BCUT2D eigenvalue weighted by molar-refractivity contribution is 8.13. The Hall–Kier alpha value is -1.71. The minimum atomic E-state index is -0.200. The van der Waals surface area contributed by atoms with Crippen molar-refractivity contribution in [3.05, 3.63) is 76.5 Å². The topological polar surface area (TPSA) is 15.6 Å². The quantitative estimate of drug-likeness (QED) is 0.617. The van der Waals surface area contributed by atoms with Crippen LogP contribution in [0, 0.1) is 6.92 Å². The number of aliphatic imine (C=N–C) groups is 1. The van der Waals surface area contributed by atoms with Crippen LogP contribution in [0.2, 0.25) is 5.02 Å². The van der Waals surface area contributed by atoms with Crippen molar-refractivity contribution in [3.63, 3.8) is 0 Å². The second-order valence-electron chi connectivity index (χ2n) is 6.88. The third-order valence-corrected chi connectivity index (χ3v) is 5.45. The Morgan fingerprint density at radius 2 is 1.72 bits per heavy atom. The summed E-state index contributed by atoms with van der Waals surface area (Å²) >= 11 is 8.05. The lowest BCUT2D eigenvalue weighted by atomic mass is 10.0. The molecule has 0 radical (unpaired) electrons. The largest absolute Gasteiger partial charge is 0.294 e. The van der Waals surface area contributed by atoms with E-state index in [4.69, 9.17) is 16.6 Å². The van der Waals surface area contributed by atoms with Crippen LogP contribution < -0.4 is 4.90 Å². The molecular weight excluding hydrogens is 348 g/mol. The molecule has 0 saturated heterocycles. The lowest BCUT2D eigenvalue weighted by Crippen LogP contribution is -2.35. The van der Waals surface area contributed by atoms with Gasteiger partial charge in [0.15, 0.2) is 5.17 Å². The molecule has 1 heterocycles. The Kier molecular flexibility index (Phi) is 5.26. The number of halogens is 1. The zero-order chi connectivity index (χ0) is 18.0. The minimum Gasteiger partial charge on any atom is -0.294 e. The molecule has 1 aliphatic rings. The smallest absolute Gasteiger partial charge is 0.169 e. The molecule has 0 bridgehead atoms. The summed E-state index contributed by atoms with van der Waals surface area (Å²) in [5, 5.41) is 1.81. The molecule has 2 aromatic carbocycles. The first-order chi connectivity index (χ1) is 11.9. The molecule has 2 nitrogen and oxygen atoms in total. The fraction of sp³-hybridized carbons (Fsp3) is 0.286. The average Bonchev–Trinajstić information content (AvgIpc) is 2.54. The van der Waals surface area contributed by atoms with Gasteiger partial charge in [0, 0.05) is 22.2 Å². The number of benzene rings is 2. The highest BCUT2D eigenvalue weighted by atomic mass is 35.5. The fourth-order valence-corrected chi connectivity index (χ4v) is 4.41. The van der Waals surface area contributed by atoms with Gasteiger partial charge in [-0.1, -0.05) is 59.3 Å². The van der Waals surface area contributed by atoms with Gasteiger partial charge in [-0.15, -0.1) is 0 Å². The van der Waals surface area contributed by atoms with Crippen molar-refractivity contribution in [2.45, 2.75) is 39.0 Å². The van der Waals surface area contributed by atoms with Crippen LogP contribution in [-0.4, -0.2) is 10.7 Å².